The highest BCUT2D eigenvalue weighted by Gasteiger charge is 2.55. The maximum absolute atomic E-state index is 12.1. The Bertz CT molecular complexity index is 557. The fourth-order valence-corrected chi connectivity index (χ4v) is 3.10. The number of ether oxygens (including phenoxy) is 2. The van der Waals surface area contributed by atoms with Crippen molar-refractivity contribution in [3.05, 3.63) is 18.0 Å². The number of aromatic nitrogens is 2. The van der Waals surface area contributed by atoms with Crippen LogP contribution in [0.15, 0.2) is 12.3 Å². The van der Waals surface area contributed by atoms with E-state index >= 15 is 0 Å². The lowest BCUT2D eigenvalue weighted by molar-refractivity contribution is -0.177. The molecular formula is C15H24N4O3. The van der Waals surface area contributed by atoms with E-state index in [-0.39, 0.29) is 17.7 Å². The van der Waals surface area contributed by atoms with Gasteiger partial charge in [-0.05, 0) is 26.8 Å². The van der Waals surface area contributed by atoms with Crippen LogP contribution in [0.4, 0.5) is 4.79 Å². The van der Waals surface area contributed by atoms with E-state index in [0.29, 0.717) is 19.7 Å². The lowest BCUT2D eigenvalue weighted by Crippen LogP contribution is -2.72. The third-order valence-electron chi connectivity index (χ3n) is 4.09. The van der Waals surface area contributed by atoms with Gasteiger partial charge in [-0.1, -0.05) is 0 Å². The van der Waals surface area contributed by atoms with E-state index in [2.05, 4.69) is 10.4 Å². The van der Waals surface area contributed by atoms with Crippen LogP contribution < -0.4 is 5.32 Å². The van der Waals surface area contributed by atoms with E-state index < -0.39 is 5.60 Å². The Hall–Kier alpha value is -1.60. The SMILES string of the molecule is Cn1nccc1C1NCCOC12CN(C(=O)OC(C)(C)C)C2. The van der Waals surface area contributed by atoms with Gasteiger partial charge in [-0.2, -0.15) is 5.10 Å². The highest BCUT2D eigenvalue weighted by molar-refractivity contribution is 5.70. The summed E-state index contributed by atoms with van der Waals surface area (Å²) in [7, 11) is 1.92. The summed E-state index contributed by atoms with van der Waals surface area (Å²) < 4.78 is 13.3. The van der Waals surface area contributed by atoms with Gasteiger partial charge in [-0.15, -0.1) is 0 Å². The van der Waals surface area contributed by atoms with E-state index in [1.165, 1.54) is 0 Å². The maximum Gasteiger partial charge on any atom is 0.410 e. The molecule has 2 saturated heterocycles. The van der Waals surface area contributed by atoms with Crippen molar-refractivity contribution in [3.8, 4) is 0 Å². The molecule has 22 heavy (non-hydrogen) atoms. The molecule has 3 rings (SSSR count). The summed E-state index contributed by atoms with van der Waals surface area (Å²) in [6, 6.07) is 2.02. The van der Waals surface area contributed by atoms with Crippen LogP contribution in [0.2, 0.25) is 0 Å². The highest BCUT2D eigenvalue weighted by atomic mass is 16.6. The molecule has 7 heteroatoms. The van der Waals surface area contributed by atoms with Crippen molar-refractivity contribution in [1.82, 2.24) is 20.0 Å². The Balaban J connectivity index is 1.71. The second kappa shape index (κ2) is 5.24. The second-order valence-electron chi connectivity index (χ2n) is 7.02. The summed E-state index contributed by atoms with van der Waals surface area (Å²) in [5.41, 5.74) is 0.208. The number of likely N-dealkylation sites (tertiary alicyclic amines) is 1. The van der Waals surface area contributed by atoms with Crippen LogP contribution in [-0.2, 0) is 16.5 Å². The van der Waals surface area contributed by atoms with Crippen LogP contribution in [-0.4, -0.2) is 58.2 Å². The normalized spacial score (nSPS) is 24.2. The first-order valence-electron chi connectivity index (χ1n) is 7.64. The Morgan fingerprint density at radius 3 is 2.82 bits per heavy atom. The fourth-order valence-electron chi connectivity index (χ4n) is 3.10. The number of carbonyl (C=O) groups excluding carboxylic acids is 1. The summed E-state index contributed by atoms with van der Waals surface area (Å²) in [5.74, 6) is 0. The number of rotatable bonds is 1. The number of nitrogens with one attached hydrogen (secondary N) is 1. The van der Waals surface area contributed by atoms with Crippen LogP contribution in [0.3, 0.4) is 0 Å². The first-order chi connectivity index (χ1) is 10.3. The summed E-state index contributed by atoms with van der Waals surface area (Å²) in [5, 5.41) is 7.73. The van der Waals surface area contributed by atoms with Crippen LogP contribution in [0.25, 0.3) is 0 Å². The predicted molar refractivity (Wildman–Crippen MR) is 80.4 cm³/mol. The Morgan fingerprint density at radius 1 is 1.50 bits per heavy atom. The van der Waals surface area contributed by atoms with E-state index in [1.807, 2.05) is 38.6 Å². The molecule has 0 saturated carbocycles. The Labute approximate surface area is 130 Å². The lowest BCUT2D eigenvalue weighted by Gasteiger charge is -2.55. The summed E-state index contributed by atoms with van der Waals surface area (Å²) in [6.07, 6.45) is 1.50. The molecule has 3 heterocycles. The lowest BCUT2D eigenvalue weighted by atomic mass is 9.83. The number of hydrogen-bond acceptors (Lipinski definition) is 5. The molecule has 1 spiro atoms. The van der Waals surface area contributed by atoms with Gasteiger partial charge < -0.3 is 19.7 Å². The molecule has 0 radical (unpaired) electrons. The minimum Gasteiger partial charge on any atom is -0.444 e. The molecule has 122 valence electrons. The molecular weight excluding hydrogens is 284 g/mol. The largest absolute Gasteiger partial charge is 0.444 e. The monoisotopic (exact) mass is 308 g/mol. The number of hydrogen-bond donors (Lipinski definition) is 1. The van der Waals surface area contributed by atoms with E-state index in [1.54, 1.807) is 11.1 Å². The molecule has 1 amide bonds. The summed E-state index contributed by atoms with van der Waals surface area (Å²) in [6.45, 7) is 8.13. The molecule has 1 aromatic rings. The number of morpholine rings is 1. The van der Waals surface area contributed by atoms with Crippen LogP contribution >= 0.6 is 0 Å². The quantitative estimate of drug-likeness (QED) is 0.840. The fraction of sp³-hybridized carbons (Fsp3) is 0.733. The van der Waals surface area contributed by atoms with Gasteiger partial charge in [0.25, 0.3) is 0 Å². The Kier molecular flexibility index (Phi) is 3.65. The number of amides is 1. The number of nitrogens with zero attached hydrogens (tertiary/aromatic N) is 3. The zero-order valence-electron chi connectivity index (χ0n) is 13.6. The average Bonchev–Trinajstić information content (AvgIpc) is 2.79. The predicted octanol–water partition coefficient (Wildman–Crippen LogP) is 1.07. The third kappa shape index (κ3) is 2.70. The van der Waals surface area contributed by atoms with Crippen LogP contribution in [0.5, 0.6) is 0 Å². The molecule has 1 aromatic heterocycles. The van der Waals surface area contributed by atoms with Gasteiger partial charge in [-0.3, -0.25) is 4.68 Å². The van der Waals surface area contributed by atoms with Crippen molar-refractivity contribution in [2.45, 2.75) is 38.0 Å². The molecule has 2 aliphatic rings. The molecule has 7 nitrogen and oxygen atoms in total. The van der Waals surface area contributed by atoms with Crippen molar-refractivity contribution >= 4 is 6.09 Å². The third-order valence-corrected chi connectivity index (χ3v) is 4.09. The van der Waals surface area contributed by atoms with Crippen molar-refractivity contribution in [2.75, 3.05) is 26.2 Å². The standard InChI is InChI=1S/C15H24N4O3/c1-14(2,3)22-13(20)19-9-15(10-19)12(16-7-8-21-15)11-5-6-17-18(11)4/h5-6,12,16H,7-10H2,1-4H3. The van der Waals surface area contributed by atoms with Gasteiger partial charge in [0.05, 0.1) is 31.4 Å². The van der Waals surface area contributed by atoms with Gasteiger partial charge >= 0.3 is 6.09 Å². The zero-order valence-corrected chi connectivity index (χ0v) is 13.6. The van der Waals surface area contributed by atoms with E-state index in [0.717, 1.165) is 12.2 Å². The highest BCUT2D eigenvalue weighted by Crippen LogP contribution is 2.39. The topological polar surface area (TPSA) is 68.6 Å². The molecule has 1 unspecified atom stereocenters. The molecule has 1 atom stereocenters. The number of aryl methyl sites for hydroxylation is 1. The molecule has 2 fully saturated rings. The molecule has 0 bridgehead atoms. The second-order valence-corrected chi connectivity index (χ2v) is 7.02. The molecule has 2 aliphatic heterocycles. The van der Waals surface area contributed by atoms with E-state index in [4.69, 9.17) is 9.47 Å². The minimum absolute atomic E-state index is 0.0347. The van der Waals surface area contributed by atoms with Crippen LogP contribution in [0.1, 0.15) is 32.5 Å². The van der Waals surface area contributed by atoms with Crippen molar-refractivity contribution in [3.63, 3.8) is 0 Å². The number of carbonyl (C=O) groups is 1. The summed E-state index contributed by atoms with van der Waals surface area (Å²) in [4.78, 5) is 13.8. The van der Waals surface area contributed by atoms with Crippen molar-refractivity contribution in [1.29, 1.82) is 0 Å². The molecule has 1 N–H and O–H groups in total. The zero-order chi connectivity index (χ0) is 16.0. The van der Waals surface area contributed by atoms with Crippen molar-refractivity contribution < 1.29 is 14.3 Å². The van der Waals surface area contributed by atoms with Gasteiger partial charge in [-0.25, -0.2) is 4.79 Å². The van der Waals surface area contributed by atoms with E-state index in [9.17, 15) is 4.79 Å². The summed E-state index contributed by atoms with van der Waals surface area (Å²) >= 11 is 0. The first-order valence-corrected chi connectivity index (χ1v) is 7.64. The smallest absolute Gasteiger partial charge is 0.410 e. The average molecular weight is 308 g/mol. The van der Waals surface area contributed by atoms with Crippen molar-refractivity contribution in [2.24, 2.45) is 7.05 Å². The molecule has 0 aliphatic carbocycles. The first kappa shape index (κ1) is 15.3. The van der Waals surface area contributed by atoms with Gasteiger partial charge in [0.1, 0.15) is 11.2 Å². The maximum atomic E-state index is 12.1. The van der Waals surface area contributed by atoms with Gasteiger partial charge in [0.2, 0.25) is 0 Å². The Morgan fingerprint density at radius 2 is 2.23 bits per heavy atom. The van der Waals surface area contributed by atoms with Gasteiger partial charge in [0, 0.05) is 19.8 Å². The van der Waals surface area contributed by atoms with Gasteiger partial charge in [0.15, 0.2) is 0 Å². The molecule has 0 aromatic carbocycles. The van der Waals surface area contributed by atoms with Crippen LogP contribution in [0, 0.1) is 0 Å². The minimum atomic E-state index is -0.479.